The van der Waals surface area contributed by atoms with Crippen molar-refractivity contribution in [3.8, 4) is 0 Å². The molecule has 6 heteroatoms. The average molecular weight is 300 g/mol. The molecule has 0 bridgehead atoms. The highest BCUT2D eigenvalue weighted by molar-refractivity contribution is 5.77. The first-order chi connectivity index (χ1) is 9.84. The minimum absolute atomic E-state index is 0.0927. The Labute approximate surface area is 121 Å². The summed E-state index contributed by atoms with van der Waals surface area (Å²) in [7, 11) is 0. The smallest absolute Gasteiger partial charge is 0.333 e. The lowest BCUT2D eigenvalue weighted by atomic mass is 10.0. The number of benzene rings is 1. The molecule has 3 nitrogen and oxygen atoms in total. The maximum atomic E-state index is 12.8. The molecule has 0 radical (unpaired) electrons. The van der Waals surface area contributed by atoms with Crippen LogP contribution < -0.4 is 5.73 Å². The molecule has 0 spiro atoms. The minimum Gasteiger partial charge on any atom is -0.333 e. The number of carbonyl (C=O) groups is 1. The number of halogens is 3. The second kappa shape index (κ2) is 6.05. The van der Waals surface area contributed by atoms with Gasteiger partial charge >= 0.3 is 6.18 Å². The van der Waals surface area contributed by atoms with Crippen LogP contribution >= 0.6 is 0 Å². The van der Waals surface area contributed by atoms with Gasteiger partial charge in [0.25, 0.3) is 0 Å². The molecule has 1 fully saturated rings. The van der Waals surface area contributed by atoms with Crippen LogP contribution in [0.5, 0.6) is 0 Å². The van der Waals surface area contributed by atoms with Gasteiger partial charge in [-0.2, -0.15) is 13.2 Å². The molecule has 0 unspecified atom stereocenters. The molecule has 2 N–H and O–H groups in total. The average Bonchev–Trinajstić information content (AvgIpc) is 3.23. The first kappa shape index (κ1) is 15.8. The summed E-state index contributed by atoms with van der Waals surface area (Å²) in [5, 5.41) is 0. The molecule has 1 aliphatic rings. The lowest BCUT2D eigenvalue weighted by molar-refractivity contribution is -0.137. The van der Waals surface area contributed by atoms with Gasteiger partial charge in [-0.25, -0.2) is 0 Å². The van der Waals surface area contributed by atoms with Gasteiger partial charge in [-0.05, 0) is 37.5 Å². The predicted octanol–water partition coefficient (Wildman–Crippen LogP) is 3.11. The Hall–Kier alpha value is -1.56. The standard InChI is InChI=1S/C15H19F3N2O/c1-10(20(13-5-6-13)14(21)7-8-19)11-3-2-4-12(9-11)15(16,17)18/h2-4,9-10,13H,5-8,19H2,1H3/t10-/m0/s1. The molecular formula is C15H19F3N2O. The zero-order chi connectivity index (χ0) is 15.6. The Bertz CT molecular complexity index is 512. The van der Waals surface area contributed by atoms with E-state index in [1.54, 1.807) is 17.9 Å². The van der Waals surface area contributed by atoms with Gasteiger partial charge in [0.1, 0.15) is 0 Å². The van der Waals surface area contributed by atoms with Crippen molar-refractivity contribution in [3.63, 3.8) is 0 Å². The molecule has 0 saturated heterocycles. The van der Waals surface area contributed by atoms with Crippen LogP contribution in [0, 0.1) is 0 Å². The number of hydrogen-bond acceptors (Lipinski definition) is 2. The molecule has 1 aliphatic carbocycles. The Kier molecular flexibility index (Phi) is 4.56. The zero-order valence-corrected chi connectivity index (χ0v) is 11.9. The largest absolute Gasteiger partial charge is 0.416 e. The highest BCUT2D eigenvalue weighted by Crippen LogP contribution is 2.36. The Balaban J connectivity index is 2.24. The third kappa shape index (κ3) is 3.75. The van der Waals surface area contributed by atoms with Gasteiger partial charge in [-0.1, -0.05) is 12.1 Å². The van der Waals surface area contributed by atoms with E-state index in [1.165, 1.54) is 6.07 Å². The highest BCUT2D eigenvalue weighted by Gasteiger charge is 2.37. The first-order valence-corrected chi connectivity index (χ1v) is 7.03. The van der Waals surface area contributed by atoms with Crippen LogP contribution in [0.4, 0.5) is 13.2 Å². The molecule has 1 saturated carbocycles. The summed E-state index contributed by atoms with van der Waals surface area (Å²) in [5.74, 6) is -0.0927. The zero-order valence-electron chi connectivity index (χ0n) is 11.9. The maximum Gasteiger partial charge on any atom is 0.416 e. The summed E-state index contributed by atoms with van der Waals surface area (Å²) in [6, 6.07) is 4.93. The number of rotatable bonds is 5. The van der Waals surface area contributed by atoms with Gasteiger partial charge in [0.05, 0.1) is 11.6 Å². The van der Waals surface area contributed by atoms with E-state index in [1.807, 2.05) is 0 Å². The van der Waals surface area contributed by atoms with Crippen LogP contribution in [0.15, 0.2) is 24.3 Å². The number of carbonyl (C=O) groups excluding carboxylic acids is 1. The van der Waals surface area contributed by atoms with E-state index in [0.29, 0.717) is 5.56 Å². The van der Waals surface area contributed by atoms with E-state index in [-0.39, 0.29) is 31.0 Å². The molecule has 1 aromatic rings. The molecular weight excluding hydrogens is 281 g/mol. The van der Waals surface area contributed by atoms with Gasteiger partial charge in [0, 0.05) is 19.0 Å². The first-order valence-electron chi connectivity index (χ1n) is 7.03. The van der Waals surface area contributed by atoms with Crippen LogP contribution in [0.2, 0.25) is 0 Å². The number of nitrogens with zero attached hydrogens (tertiary/aromatic N) is 1. The Morgan fingerprint density at radius 3 is 2.62 bits per heavy atom. The molecule has 0 heterocycles. The number of alkyl halides is 3. The highest BCUT2D eigenvalue weighted by atomic mass is 19.4. The molecule has 1 aromatic carbocycles. The third-order valence-electron chi connectivity index (χ3n) is 3.70. The van der Waals surface area contributed by atoms with Crippen molar-refractivity contribution in [2.75, 3.05) is 6.54 Å². The molecule has 1 atom stereocenters. The van der Waals surface area contributed by atoms with Crippen LogP contribution in [-0.2, 0) is 11.0 Å². The van der Waals surface area contributed by atoms with Crippen molar-refractivity contribution in [1.82, 2.24) is 4.90 Å². The predicted molar refractivity (Wildman–Crippen MR) is 73.4 cm³/mol. The quantitative estimate of drug-likeness (QED) is 0.908. The van der Waals surface area contributed by atoms with Crippen molar-refractivity contribution < 1.29 is 18.0 Å². The van der Waals surface area contributed by atoms with Crippen molar-refractivity contribution in [1.29, 1.82) is 0 Å². The van der Waals surface area contributed by atoms with E-state index >= 15 is 0 Å². The van der Waals surface area contributed by atoms with Gasteiger partial charge in [-0.3, -0.25) is 4.79 Å². The fourth-order valence-corrected chi connectivity index (χ4v) is 2.48. The van der Waals surface area contributed by atoms with E-state index < -0.39 is 11.7 Å². The fraction of sp³-hybridized carbons (Fsp3) is 0.533. The summed E-state index contributed by atoms with van der Waals surface area (Å²) in [5.41, 5.74) is 5.23. The molecule has 1 amide bonds. The van der Waals surface area contributed by atoms with Crippen molar-refractivity contribution in [3.05, 3.63) is 35.4 Å². The lowest BCUT2D eigenvalue weighted by Gasteiger charge is -2.30. The third-order valence-corrected chi connectivity index (χ3v) is 3.70. The SMILES string of the molecule is C[C@@H](c1cccc(C(F)(F)F)c1)N(C(=O)CCN)C1CC1. The van der Waals surface area contributed by atoms with Crippen LogP contribution in [-0.4, -0.2) is 23.4 Å². The monoisotopic (exact) mass is 300 g/mol. The second-order valence-corrected chi connectivity index (χ2v) is 5.37. The van der Waals surface area contributed by atoms with E-state index in [2.05, 4.69) is 0 Å². The van der Waals surface area contributed by atoms with Crippen LogP contribution in [0.3, 0.4) is 0 Å². The normalized spacial score (nSPS) is 16.6. The van der Waals surface area contributed by atoms with Gasteiger partial charge < -0.3 is 10.6 Å². The lowest BCUT2D eigenvalue weighted by Crippen LogP contribution is -2.36. The van der Waals surface area contributed by atoms with Crippen LogP contribution in [0.1, 0.15) is 43.4 Å². The fourth-order valence-electron chi connectivity index (χ4n) is 2.48. The minimum atomic E-state index is -4.37. The van der Waals surface area contributed by atoms with E-state index in [4.69, 9.17) is 5.73 Å². The van der Waals surface area contributed by atoms with Crippen molar-refractivity contribution >= 4 is 5.91 Å². The van der Waals surface area contributed by atoms with E-state index in [0.717, 1.165) is 25.0 Å². The molecule has 116 valence electrons. The topological polar surface area (TPSA) is 46.3 Å². The number of amides is 1. The summed E-state index contributed by atoms with van der Waals surface area (Å²) in [6.07, 6.45) is -2.35. The molecule has 2 rings (SSSR count). The Morgan fingerprint density at radius 1 is 1.43 bits per heavy atom. The summed E-state index contributed by atoms with van der Waals surface area (Å²) in [6.45, 7) is 2.01. The molecule has 21 heavy (non-hydrogen) atoms. The maximum absolute atomic E-state index is 12.8. The van der Waals surface area contributed by atoms with Crippen molar-refractivity contribution in [2.45, 2.75) is 44.4 Å². The van der Waals surface area contributed by atoms with Crippen LogP contribution in [0.25, 0.3) is 0 Å². The van der Waals surface area contributed by atoms with Gasteiger partial charge in [0.15, 0.2) is 0 Å². The van der Waals surface area contributed by atoms with E-state index in [9.17, 15) is 18.0 Å². The number of nitrogens with two attached hydrogens (primary N) is 1. The molecule has 0 aliphatic heterocycles. The van der Waals surface area contributed by atoms with Gasteiger partial charge in [-0.15, -0.1) is 0 Å². The van der Waals surface area contributed by atoms with Gasteiger partial charge in [0.2, 0.25) is 5.91 Å². The summed E-state index contributed by atoms with van der Waals surface area (Å²) in [4.78, 5) is 13.8. The summed E-state index contributed by atoms with van der Waals surface area (Å²) >= 11 is 0. The molecule has 0 aromatic heterocycles. The number of hydrogen-bond donors (Lipinski definition) is 1. The van der Waals surface area contributed by atoms with Crippen molar-refractivity contribution in [2.24, 2.45) is 5.73 Å². The Morgan fingerprint density at radius 2 is 2.10 bits per heavy atom. The summed E-state index contributed by atoms with van der Waals surface area (Å²) < 4.78 is 38.4. The second-order valence-electron chi connectivity index (χ2n) is 5.37.